The average Bonchev–Trinajstić information content (AvgIpc) is 2.96. The summed E-state index contributed by atoms with van der Waals surface area (Å²) in [5.74, 6) is 0.285. The van der Waals surface area contributed by atoms with E-state index in [2.05, 4.69) is 10.3 Å². The van der Waals surface area contributed by atoms with Gasteiger partial charge in [0.25, 0.3) is 5.91 Å². The van der Waals surface area contributed by atoms with Gasteiger partial charge in [0.05, 0.1) is 23.2 Å². The van der Waals surface area contributed by atoms with E-state index in [4.69, 9.17) is 10.5 Å². The lowest BCUT2D eigenvalue weighted by atomic mass is 9.72. The van der Waals surface area contributed by atoms with E-state index in [9.17, 15) is 4.79 Å². The molecule has 0 radical (unpaired) electrons. The molecule has 2 aromatic rings. The normalized spacial score (nSPS) is 30.7. The number of para-hydroxylation sites is 1. The molecular formula is C16H17N3O2. The van der Waals surface area contributed by atoms with Crippen LogP contribution < -0.4 is 11.1 Å². The number of carbonyl (C=O) groups is 1. The maximum atomic E-state index is 12.5. The van der Waals surface area contributed by atoms with Crippen LogP contribution in [0.2, 0.25) is 0 Å². The van der Waals surface area contributed by atoms with Crippen molar-refractivity contribution in [1.29, 1.82) is 0 Å². The summed E-state index contributed by atoms with van der Waals surface area (Å²) in [4.78, 5) is 16.8. The molecule has 4 atom stereocenters. The van der Waals surface area contributed by atoms with E-state index in [-0.39, 0.29) is 24.1 Å². The van der Waals surface area contributed by atoms with Gasteiger partial charge >= 0.3 is 0 Å². The van der Waals surface area contributed by atoms with Crippen LogP contribution in [0.5, 0.6) is 0 Å². The van der Waals surface area contributed by atoms with E-state index >= 15 is 0 Å². The Balaban J connectivity index is 1.60. The van der Waals surface area contributed by atoms with E-state index in [0.717, 1.165) is 23.9 Å². The highest BCUT2D eigenvalue weighted by Gasteiger charge is 2.52. The Morgan fingerprint density at radius 1 is 1.33 bits per heavy atom. The van der Waals surface area contributed by atoms with Crippen LogP contribution in [0.15, 0.2) is 36.5 Å². The smallest absolute Gasteiger partial charge is 0.252 e. The number of carbonyl (C=O) groups excluding carboxylic acids is 1. The van der Waals surface area contributed by atoms with E-state index < -0.39 is 0 Å². The highest BCUT2D eigenvalue weighted by atomic mass is 16.5. The number of nitrogens with one attached hydrogen (secondary N) is 1. The van der Waals surface area contributed by atoms with E-state index in [1.54, 1.807) is 12.3 Å². The molecular weight excluding hydrogens is 266 g/mol. The maximum Gasteiger partial charge on any atom is 0.252 e. The lowest BCUT2D eigenvalue weighted by molar-refractivity contribution is -0.0160. The molecule has 2 heterocycles. The Morgan fingerprint density at radius 3 is 3.10 bits per heavy atom. The first kappa shape index (κ1) is 12.7. The molecule has 1 saturated carbocycles. The Bertz CT molecular complexity index is 697. The number of hydrogen-bond acceptors (Lipinski definition) is 4. The second-order valence-electron chi connectivity index (χ2n) is 5.74. The lowest BCUT2D eigenvalue weighted by Gasteiger charge is -2.45. The van der Waals surface area contributed by atoms with Crippen molar-refractivity contribution in [3.63, 3.8) is 0 Å². The molecule has 21 heavy (non-hydrogen) atoms. The van der Waals surface area contributed by atoms with Crippen molar-refractivity contribution >= 4 is 16.8 Å². The number of nitrogens with two attached hydrogens (primary N) is 1. The Kier molecular flexibility index (Phi) is 2.90. The fraction of sp³-hybridized carbons (Fsp3) is 0.375. The summed E-state index contributed by atoms with van der Waals surface area (Å²) in [5, 5.41) is 3.89. The number of pyridine rings is 1. The topological polar surface area (TPSA) is 77.2 Å². The molecule has 1 aromatic heterocycles. The average molecular weight is 283 g/mol. The van der Waals surface area contributed by atoms with Gasteiger partial charge in [-0.05, 0) is 18.6 Å². The standard InChI is InChI=1S/C16H17N3O2/c17-13-11-6-8-21-15(11)14(13)19-16(20)10-5-7-18-12-4-2-1-3-9(10)12/h1-5,7,11,13-15H,6,8,17H2,(H,19,20). The molecule has 2 aliphatic rings. The van der Waals surface area contributed by atoms with Crippen molar-refractivity contribution in [3.8, 4) is 0 Å². The summed E-state index contributed by atoms with van der Waals surface area (Å²) in [6, 6.07) is 9.28. The molecule has 0 spiro atoms. The summed E-state index contributed by atoms with van der Waals surface area (Å²) in [6.45, 7) is 0.744. The molecule has 5 nitrogen and oxygen atoms in total. The first-order valence-corrected chi connectivity index (χ1v) is 7.27. The first-order valence-electron chi connectivity index (χ1n) is 7.27. The fourth-order valence-electron chi connectivity index (χ4n) is 3.45. The Hall–Kier alpha value is -1.98. The summed E-state index contributed by atoms with van der Waals surface area (Å²) in [6.07, 6.45) is 2.74. The van der Waals surface area contributed by atoms with Crippen molar-refractivity contribution in [2.75, 3.05) is 6.61 Å². The second kappa shape index (κ2) is 4.79. The number of amides is 1. The molecule has 108 valence electrons. The summed E-state index contributed by atoms with van der Waals surface area (Å²) in [7, 11) is 0. The molecule has 4 unspecified atom stereocenters. The van der Waals surface area contributed by atoms with Crippen LogP contribution in [-0.4, -0.2) is 35.7 Å². The van der Waals surface area contributed by atoms with Gasteiger partial charge in [0.1, 0.15) is 0 Å². The highest BCUT2D eigenvalue weighted by molar-refractivity contribution is 6.06. The molecule has 2 fully saturated rings. The predicted molar refractivity (Wildman–Crippen MR) is 78.8 cm³/mol. The van der Waals surface area contributed by atoms with Crippen LogP contribution >= 0.6 is 0 Å². The third-order valence-corrected chi connectivity index (χ3v) is 4.64. The van der Waals surface area contributed by atoms with Crippen molar-refractivity contribution in [3.05, 3.63) is 42.1 Å². The van der Waals surface area contributed by atoms with Crippen LogP contribution in [0.1, 0.15) is 16.8 Å². The summed E-state index contributed by atoms with van der Waals surface area (Å²) >= 11 is 0. The SMILES string of the molecule is NC1C2CCOC2C1NC(=O)c1ccnc2ccccc12. The van der Waals surface area contributed by atoms with Gasteiger partial charge < -0.3 is 15.8 Å². The zero-order chi connectivity index (χ0) is 14.4. The summed E-state index contributed by atoms with van der Waals surface area (Å²) < 4.78 is 5.65. The van der Waals surface area contributed by atoms with Crippen LogP contribution in [0, 0.1) is 5.92 Å². The Morgan fingerprint density at radius 2 is 2.19 bits per heavy atom. The van der Waals surface area contributed by atoms with Crippen molar-refractivity contribution in [2.45, 2.75) is 24.6 Å². The molecule has 1 aromatic carbocycles. The first-order chi connectivity index (χ1) is 10.3. The molecule has 1 amide bonds. The lowest BCUT2D eigenvalue weighted by Crippen LogP contribution is -2.68. The van der Waals surface area contributed by atoms with Gasteiger partial charge in [-0.25, -0.2) is 0 Å². The summed E-state index contributed by atoms with van der Waals surface area (Å²) in [5.41, 5.74) is 7.59. The van der Waals surface area contributed by atoms with Gasteiger partial charge in [-0.1, -0.05) is 18.2 Å². The Labute approximate surface area is 122 Å². The van der Waals surface area contributed by atoms with Crippen molar-refractivity contribution in [1.82, 2.24) is 10.3 Å². The minimum atomic E-state index is -0.108. The number of aromatic nitrogens is 1. The van der Waals surface area contributed by atoms with Crippen molar-refractivity contribution < 1.29 is 9.53 Å². The molecule has 4 rings (SSSR count). The molecule has 1 aliphatic heterocycles. The van der Waals surface area contributed by atoms with Gasteiger partial charge in [-0.3, -0.25) is 9.78 Å². The number of nitrogens with zero attached hydrogens (tertiary/aromatic N) is 1. The van der Waals surface area contributed by atoms with Crippen molar-refractivity contribution in [2.24, 2.45) is 11.7 Å². The van der Waals surface area contributed by atoms with Crippen LogP contribution in [0.25, 0.3) is 10.9 Å². The van der Waals surface area contributed by atoms with E-state index in [0.29, 0.717) is 11.5 Å². The number of hydrogen-bond donors (Lipinski definition) is 2. The monoisotopic (exact) mass is 283 g/mol. The third-order valence-electron chi connectivity index (χ3n) is 4.64. The van der Waals surface area contributed by atoms with Crippen LogP contribution in [0.4, 0.5) is 0 Å². The van der Waals surface area contributed by atoms with Gasteiger partial charge in [0.15, 0.2) is 0 Å². The van der Waals surface area contributed by atoms with Gasteiger partial charge in [0, 0.05) is 30.1 Å². The van der Waals surface area contributed by atoms with Gasteiger partial charge in [-0.15, -0.1) is 0 Å². The van der Waals surface area contributed by atoms with E-state index in [1.807, 2.05) is 24.3 Å². The van der Waals surface area contributed by atoms with Gasteiger partial charge in [-0.2, -0.15) is 0 Å². The number of benzene rings is 1. The zero-order valence-corrected chi connectivity index (χ0v) is 11.5. The van der Waals surface area contributed by atoms with Gasteiger partial charge in [0.2, 0.25) is 0 Å². The van der Waals surface area contributed by atoms with E-state index in [1.165, 1.54) is 0 Å². The number of fused-ring (bicyclic) bond motifs is 2. The minimum absolute atomic E-state index is 0.00504. The third kappa shape index (κ3) is 1.92. The fourth-order valence-corrected chi connectivity index (χ4v) is 3.45. The molecule has 5 heteroatoms. The molecule has 0 bridgehead atoms. The largest absolute Gasteiger partial charge is 0.376 e. The number of rotatable bonds is 2. The van der Waals surface area contributed by atoms with Crippen LogP contribution in [0.3, 0.4) is 0 Å². The maximum absolute atomic E-state index is 12.5. The second-order valence-corrected chi connectivity index (χ2v) is 5.74. The highest BCUT2D eigenvalue weighted by Crippen LogP contribution is 2.37. The van der Waals surface area contributed by atoms with Crippen LogP contribution in [-0.2, 0) is 4.74 Å². The molecule has 1 saturated heterocycles. The zero-order valence-electron chi connectivity index (χ0n) is 11.5. The number of ether oxygens (including phenoxy) is 1. The minimum Gasteiger partial charge on any atom is -0.376 e. The molecule has 1 aliphatic carbocycles. The molecule has 3 N–H and O–H groups in total. The predicted octanol–water partition coefficient (Wildman–Crippen LogP) is 1.08. The quantitative estimate of drug-likeness (QED) is 0.864.